The van der Waals surface area contributed by atoms with Crippen LogP contribution < -0.4 is 4.74 Å². The Morgan fingerprint density at radius 3 is 2.43 bits per heavy atom. The SMILES string of the molecule is COc1ccc(-c2nc(C)c(-c3ccc(SCc4ccc(F)c(F)c4)nn3)s2)cc1. The van der Waals surface area contributed by atoms with Crippen LogP contribution in [0.15, 0.2) is 59.6 Å². The molecule has 0 radical (unpaired) electrons. The van der Waals surface area contributed by atoms with Gasteiger partial charge in [0, 0.05) is 11.3 Å². The number of nitrogens with zero attached hydrogens (tertiary/aromatic N) is 3. The summed E-state index contributed by atoms with van der Waals surface area (Å²) in [6.07, 6.45) is 0. The lowest BCUT2D eigenvalue weighted by Crippen LogP contribution is -1.91. The van der Waals surface area contributed by atoms with Crippen molar-refractivity contribution in [2.45, 2.75) is 17.7 Å². The van der Waals surface area contributed by atoms with E-state index >= 15 is 0 Å². The molecule has 0 spiro atoms. The Bertz CT molecular complexity index is 1160. The average Bonchev–Trinajstić information content (AvgIpc) is 3.16. The highest BCUT2D eigenvalue weighted by atomic mass is 32.2. The van der Waals surface area contributed by atoms with Gasteiger partial charge in [-0.15, -0.1) is 21.5 Å². The molecule has 4 rings (SSSR count). The molecule has 2 aromatic heterocycles. The van der Waals surface area contributed by atoms with Gasteiger partial charge in [0.15, 0.2) is 11.6 Å². The predicted molar refractivity (Wildman–Crippen MR) is 116 cm³/mol. The predicted octanol–water partition coefficient (Wildman–Crippen LogP) is 6.15. The molecule has 152 valence electrons. The maximum absolute atomic E-state index is 13.3. The first kappa shape index (κ1) is 20.4. The van der Waals surface area contributed by atoms with Crippen molar-refractivity contribution in [2.24, 2.45) is 0 Å². The van der Waals surface area contributed by atoms with Crippen LogP contribution in [-0.2, 0) is 5.75 Å². The molecule has 0 fully saturated rings. The summed E-state index contributed by atoms with van der Waals surface area (Å²) in [4.78, 5) is 5.63. The first-order chi connectivity index (χ1) is 14.5. The highest BCUT2D eigenvalue weighted by Gasteiger charge is 2.13. The summed E-state index contributed by atoms with van der Waals surface area (Å²) in [5.74, 6) is -0.411. The van der Waals surface area contributed by atoms with E-state index in [1.54, 1.807) is 24.5 Å². The number of aryl methyl sites for hydroxylation is 1. The van der Waals surface area contributed by atoms with Crippen molar-refractivity contribution in [3.8, 4) is 26.9 Å². The number of benzene rings is 2. The summed E-state index contributed by atoms with van der Waals surface area (Å²) in [5, 5.41) is 10.2. The number of methoxy groups -OCH3 is 1. The topological polar surface area (TPSA) is 47.9 Å². The van der Waals surface area contributed by atoms with Crippen LogP contribution in [0.1, 0.15) is 11.3 Å². The second kappa shape index (κ2) is 8.89. The lowest BCUT2D eigenvalue weighted by molar-refractivity contribution is 0.415. The van der Waals surface area contributed by atoms with E-state index < -0.39 is 11.6 Å². The molecule has 0 amide bonds. The lowest BCUT2D eigenvalue weighted by atomic mass is 10.2. The fourth-order valence-corrected chi connectivity index (χ4v) is 4.59. The van der Waals surface area contributed by atoms with E-state index in [0.29, 0.717) is 16.3 Å². The molecule has 0 saturated carbocycles. The third-order valence-corrected chi connectivity index (χ3v) is 6.60. The van der Waals surface area contributed by atoms with Gasteiger partial charge in [-0.25, -0.2) is 13.8 Å². The highest BCUT2D eigenvalue weighted by Crippen LogP contribution is 2.35. The number of aromatic nitrogens is 3. The fraction of sp³-hybridized carbons (Fsp3) is 0.136. The zero-order valence-corrected chi connectivity index (χ0v) is 17.9. The minimum atomic E-state index is -0.846. The number of halogens is 2. The number of thiazole rings is 1. The van der Waals surface area contributed by atoms with Gasteiger partial charge in [-0.05, 0) is 61.0 Å². The summed E-state index contributed by atoms with van der Waals surface area (Å²) < 4.78 is 31.6. The molecule has 4 nitrogen and oxygen atoms in total. The van der Waals surface area contributed by atoms with Crippen LogP contribution in [0.3, 0.4) is 0 Å². The molecule has 4 aromatic rings. The molecular formula is C22H17F2N3OS2. The number of hydrogen-bond donors (Lipinski definition) is 0. The van der Waals surface area contributed by atoms with E-state index in [4.69, 9.17) is 4.74 Å². The Morgan fingerprint density at radius 2 is 1.77 bits per heavy atom. The molecule has 30 heavy (non-hydrogen) atoms. The van der Waals surface area contributed by atoms with Crippen LogP contribution in [0, 0.1) is 18.6 Å². The van der Waals surface area contributed by atoms with Crippen LogP contribution in [0.25, 0.3) is 21.1 Å². The van der Waals surface area contributed by atoms with Gasteiger partial charge in [-0.1, -0.05) is 17.8 Å². The molecule has 0 saturated heterocycles. The Balaban J connectivity index is 1.48. The molecule has 0 aliphatic heterocycles. The summed E-state index contributed by atoms with van der Waals surface area (Å²) in [5.41, 5.74) is 3.35. The third kappa shape index (κ3) is 4.49. The van der Waals surface area contributed by atoms with E-state index in [1.807, 2.05) is 43.3 Å². The van der Waals surface area contributed by atoms with Gasteiger partial charge in [-0.2, -0.15) is 0 Å². The van der Waals surface area contributed by atoms with Crippen molar-refractivity contribution in [2.75, 3.05) is 7.11 Å². The maximum atomic E-state index is 13.3. The van der Waals surface area contributed by atoms with Crippen molar-refractivity contribution < 1.29 is 13.5 Å². The van der Waals surface area contributed by atoms with Crippen LogP contribution in [0.4, 0.5) is 8.78 Å². The molecule has 8 heteroatoms. The standard InChI is InChI=1S/C22H17F2N3OS2/c1-13-21(30-22(25-13)15-4-6-16(28-2)7-5-15)19-9-10-20(27-26-19)29-12-14-3-8-17(23)18(24)11-14/h3-11H,12H2,1-2H3. The van der Waals surface area contributed by atoms with Gasteiger partial charge < -0.3 is 4.74 Å². The smallest absolute Gasteiger partial charge is 0.159 e. The van der Waals surface area contributed by atoms with E-state index in [0.717, 1.165) is 38.7 Å². The molecule has 0 unspecified atom stereocenters. The minimum absolute atomic E-state index is 0.479. The first-order valence-corrected chi connectivity index (χ1v) is 10.9. The van der Waals surface area contributed by atoms with Crippen LogP contribution in [0.5, 0.6) is 5.75 Å². The zero-order valence-electron chi connectivity index (χ0n) is 16.2. The lowest BCUT2D eigenvalue weighted by Gasteiger charge is -2.03. The highest BCUT2D eigenvalue weighted by molar-refractivity contribution is 7.98. The molecular weight excluding hydrogens is 424 g/mol. The van der Waals surface area contributed by atoms with Gasteiger partial charge in [0.25, 0.3) is 0 Å². The summed E-state index contributed by atoms with van der Waals surface area (Å²) >= 11 is 2.97. The van der Waals surface area contributed by atoms with E-state index in [9.17, 15) is 8.78 Å². The Kier molecular flexibility index (Phi) is 6.06. The second-order valence-electron chi connectivity index (χ2n) is 6.46. The number of rotatable bonds is 6. The quantitative estimate of drug-likeness (QED) is 0.336. The van der Waals surface area contributed by atoms with Crippen LogP contribution >= 0.6 is 23.1 Å². The normalized spacial score (nSPS) is 10.9. The van der Waals surface area contributed by atoms with Crippen LogP contribution in [0.2, 0.25) is 0 Å². The van der Waals surface area contributed by atoms with E-state index in [1.165, 1.54) is 17.8 Å². The number of thioether (sulfide) groups is 1. The van der Waals surface area contributed by atoms with Crippen molar-refractivity contribution in [3.63, 3.8) is 0 Å². The Labute approximate surface area is 181 Å². The fourth-order valence-electron chi connectivity index (χ4n) is 2.80. The first-order valence-electron chi connectivity index (χ1n) is 9.06. The van der Waals surface area contributed by atoms with Crippen molar-refractivity contribution in [3.05, 3.63) is 77.5 Å². The molecule has 0 aliphatic rings. The van der Waals surface area contributed by atoms with Gasteiger partial charge >= 0.3 is 0 Å². The average molecular weight is 442 g/mol. The van der Waals surface area contributed by atoms with Gasteiger partial charge in [0.1, 0.15) is 21.5 Å². The summed E-state index contributed by atoms with van der Waals surface area (Å²) in [7, 11) is 1.64. The third-order valence-electron chi connectivity index (χ3n) is 4.38. The molecule has 0 N–H and O–H groups in total. The number of ether oxygens (including phenoxy) is 1. The van der Waals surface area contributed by atoms with Crippen molar-refractivity contribution in [1.82, 2.24) is 15.2 Å². The Morgan fingerprint density at radius 1 is 0.967 bits per heavy atom. The molecule has 2 aromatic carbocycles. The van der Waals surface area contributed by atoms with E-state index in [-0.39, 0.29) is 0 Å². The van der Waals surface area contributed by atoms with Gasteiger partial charge in [0.05, 0.1) is 17.7 Å². The molecule has 0 aliphatic carbocycles. The Hall–Kier alpha value is -2.84. The molecule has 0 bridgehead atoms. The maximum Gasteiger partial charge on any atom is 0.159 e. The summed E-state index contributed by atoms with van der Waals surface area (Å²) in [6, 6.07) is 15.4. The molecule has 2 heterocycles. The largest absolute Gasteiger partial charge is 0.497 e. The van der Waals surface area contributed by atoms with Crippen LogP contribution in [-0.4, -0.2) is 22.3 Å². The minimum Gasteiger partial charge on any atom is -0.497 e. The molecule has 0 atom stereocenters. The second-order valence-corrected chi connectivity index (χ2v) is 8.45. The summed E-state index contributed by atoms with van der Waals surface area (Å²) in [6.45, 7) is 1.95. The number of hydrogen-bond acceptors (Lipinski definition) is 6. The van der Waals surface area contributed by atoms with E-state index in [2.05, 4.69) is 15.2 Å². The van der Waals surface area contributed by atoms with Crippen molar-refractivity contribution >= 4 is 23.1 Å². The monoisotopic (exact) mass is 441 g/mol. The van der Waals surface area contributed by atoms with Crippen molar-refractivity contribution in [1.29, 1.82) is 0 Å². The van der Waals surface area contributed by atoms with Gasteiger partial charge in [0.2, 0.25) is 0 Å². The zero-order chi connectivity index (χ0) is 21.1. The van der Waals surface area contributed by atoms with Gasteiger partial charge in [-0.3, -0.25) is 0 Å².